The molecule has 10 heteroatoms. The molecule has 0 radical (unpaired) electrons. The summed E-state index contributed by atoms with van der Waals surface area (Å²) in [4.78, 5) is 22.4. The average Bonchev–Trinajstić information content (AvgIpc) is 3.32. The van der Waals surface area contributed by atoms with Crippen molar-refractivity contribution in [2.45, 2.75) is 19.9 Å². The molecule has 188 valence electrons. The first-order chi connectivity index (χ1) is 18.0. The number of ether oxygens (including phenoxy) is 2. The van der Waals surface area contributed by atoms with Crippen molar-refractivity contribution in [1.82, 2.24) is 19.7 Å². The van der Waals surface area contributed by atoms with Crippen molar-refractivity contribution in [3.8, 4) is 22.9 Å². The Labute approximate surface area is 219 Å². The number of aromatic nitrogens is 4. The highest BCUT2D eigenvalue weighted by molar-refractivity contribution is 6.30. The van der Waals surface area contributed by atoms with Crippen molar-refractivity contribution in [1.29, 1.82) is 0 Å². The molecule has 3 heterocycles. The predicted octanol–water partition coefficient (Wildman–Crippen LogP) is 5.33. The molecule has 9 nitrogen and oxygen atoms in total. The van der Waals surface area contributed by atoms with Crippen LogP contribution in [0.2, 0.25) is 5.02 Å². The van der Waals surface area contributed by atoms with Gasteiger partial charge < -0.3 is 20.1 Å². The van der Waals surface area contributed by atoms with Crippen LogP contribution in [0.25, 0.3) is 11.4 Å². The summed E-state index contributed by atoms with van der Waals surface area (Å²) in [5, 5.41) is 11.6. The number of fused-ring (bicyclic) bond motifs is 1. The Kier molecular flexibility index (Phi) is 6.78. The molecule has 2 aromatic carbocycles. The zero-order chi connectivity index (χ0) is 25.9. The summed E-state index contributed by atoms with van der Waals surface area (Å²) in [6, 6.07) is 15.9. The first-order valence-electron chi connectivity index (χ1n) is 11.7. The summed E-state index contributed by atoms with van der Waals surface area (Å²) in [6.45, 7) is 4.25. The van der Waals surface area contributed by atoms with Crippen molar-refractivity contribution in [2.75, 3.05) is 24.4 Å². The van der Waals surface area contributed by atoms with E-state index in [2.05, 4.69) is 15.6 Å². The minimum atomic E-state index is -0.599. The molecule has 2 N–H and O–H groups in total. The second-order valence-corrected chi connectivity index (χ2v) is 8.76. The van der Waals surface area contributed by atoms with Gasteiger partial charge in [0.1, 0.15) is 6.04 Å². The maximum atomic E-state index is 13.6. The number of halogens is 1. The van der Waals surface area contributed by atoms with E-state index < -0.39 is 6.04 Å². The lowest BCUT2D eigenvalue weighted by Gasteiger charge is -2.29. The van der Waals surface area contributed by atoms with Crippen molar-refractivity contribution < 1.29 is 14.3 Å². The average molecular weight is 517 g/mol. The molecule has 37 heavy (non-hydrogen) atoms. The second kappa shape index (κ2) is 10.3. The van der Waals surface area contributed by atoms with Gasteiger partial charge in [-0.3, -0.25) is 9.78 Å². The molecule has 4 aromatic rings. The summed E-state index contributed by atoms with van der Waals surface area (Å²) < 4.78 is 13.0. The Morgan fingerprint density at radius 3 is 2.76 bits per heavy atom. The molecule has 0 spiro atoms. The number of methoxy groups -OCH3 is 1. The van der Waals surface area contributed by atoms with Gasteiger partial charge in [-0.2, -0.15) is 4.98 Å². The first kappa shape index (κ1) is 24.3. The van der Waals surface area contributed by atoms with E-state index in [1.807, 2.05) is 44.2 Å². The minimum absolute atomic E-state index is 0.290. The van der Waals surface area contributed by atoms with Crippen LogP contribution >= 0.6 is 11.6 Å². The van der Waals surface area contributed by atoms with E-state index in [0.29, 0.717) is 51.9 Å². The third kappa shape index (κ3) is 4.85. The van der Waals surface area contributed by atoms with Gasteiger partial charge in [-0.25, -0.2) is 4.68 Å². The summed E-state index contributed by atoms with van der Waals surface area (Å²) in [5.41, 5.74) is 3.25. The summed E-state index contributed by atoms with van der Waals surface area (Å²) in [6.07, 6.45) is 3.24. The molecule has 5 rings (SSSR count). The van der Waals surface area contributed by atoms with E-state index in [1.54, 1.807) is 48.5 Å². The van der Waals surface area contributed by atoms with E-state index in [9.17, 15) is 4.79 Å². The minimum Gasteiger partial charge on any atom is -0.493 e. The summed E-state index contributed by atoms with van der Waals surface area (Å²) in [5.74, 6) is 1.86. The number of benzene rings is 2. The van der Waals surface area contributed by atoms with Crippen LogP contribution in [-0.4, -0.2) is 39.4 Å². The third-order valence-corrected chi connectivity index (χ3v) is 6.14. The normalized spacial score (nSPS) is 14.5. The highest BCUT2D eigenvalue weighted by atomic mass is 35.5. The fourth-order valence-corrected chi connectivity index (χ4v) is 4.46. The zero-order valence-electron chi connectivity index (χ0n) is 20.5. The Bertz CT molecular complexity index is 1480. The van der Waals surface area contributed by atoms with Gasteiger partial charge in [0, 0.05) is 22.5 Å². The molecule has 0 aliphatic carbocycles. The molecule has 1 amide bonds. The summed E-state index contributed by atoms with van der Waals surface area (Å²) >= 11 is 6.21. The van der Waals surface area contributed by atoms with Gasteiger partial charge in [0.25, 0.3) is 5.91 Å². The van der Waals surface area contributed by atoms with E-state index in [-0.39, 0.29) is 5.91 Å². The maximum Gasteiger partial charge on any atom is 0.255 e. The van der Waals surface area contributed by atoms with Crippen molar-refractivity contribution in [3.63, 3.8) is 0 Å². The molecule has 0 saturated heterocycles. The van der Waals surface area contributed by atoms with Gasteiger partial charge in [0.05, 0.1) is 31.2 Å². The number of nitrogens with zero attached hydrogens (tertiary/aromatic N) is 4. The molecule has 0 bridgehead atoms. The number of rotatable bonds is 7. The van der Waals surface area contributed by atoms with Crippen LogP contribution in [0.5, 0.6) is 11.5 Å². The SMILES string of the molecule is CCOc1ccc(C2C(C(=O)Nc3cccnc3)=C(C)Nc3nc(-c4cccc(Cl)c4)nn32)cc1OC. The first-order valence-corrected chi connectivity index (χ1v) is 12.1. The highest BCUT2D eigenvalue weighted by Gasteiger charge is 2.35. The standard InChI is InChI=1S/C27H25ClN6O3/c1-4-37-21-11-10-17(14-22(21)36-3)24-23(26(35)31-20-9-6-12-29-15-20)16(2)30-27-32-25(33-34(24)27)18-7-5-8-19(28)13-18/h5-15,24H,4H2,1-3H3,(H,31,35)(H,30,32,33). The number of hydrogen-bond acceptors (Lipinski definition) is 7. The van der Waals surface area contributed by atoms with Gasteiger partial charge in [0.2, 0.25) is 5.95 Å². The number of nitrogens with one attached hydrogen (secondary N) is 2. The molecular weight excluding hydrogens is 492 g/mol. The Hall–Kier alpha value is -4.37. The van der Waals surface area contributed by atoms with E-state index in [0.717, 1.165) is 11.1 Å². The van der Waals surface area contributed by atoms with Crippen molar-refractivity contribution in [2.24, 2.45) is 0 Å². The van der Waals surface area contributed by atoms with E-state index in [4.69, 9.17) is 31.2 Å². The van der Waals surface area contributed by atoms with Crippen LogP contribution in [0.3, 0.4) is 0 Å². The lowest BCUT2D eigenvalue weighted by atomic mass is 9.94. The van der Waals surface area contributed by atoms with Crippen LogP contribution in [-0.2, 0) is 4.79 Å². The fraction of sp³-hybridized carbons (Fsp3) is 0.185. The highest BCUT2D eigenvalue weighted by Crippen LogP contribution is 2.40. The molecule has 1 aliphatic heterocycles. The number of carbonyl (C=O) groups excluding carboxylic acids is 1. The van der Waals surface area contributed by atoms with Gasteiger partial charge in [-0.15, -0.1) is 5.10 Å². The lowest BCUT2D eigenvalue weighted by molar-refractivity contribution is -0.113. The summed E-state index contributed by atoms with van der Waals surface area (Å²) in [7, 11) is 1.58. The number of hydrogen-bond donors (Lipinski definition) is 2. The van der Waals surface area contributed by atoms with E-state index >= 15 is 0 Å². The topological polar surface area (TPSA) is 103 Å². The molecule has 0 saturated carbocycles. The molecule has 2 aromatic heterocycles. The number of pyridine rings is 1. The van der Waals surface area contributed by atoms with Crippen LogP contribution in [0, 0.1) is 0 Å². The number of allylic oxidation sites excluding steroid dienone is 1. The quantitative estimate of drug-likeness (QED) is 0.342. The second-order valence-electron chi connectivity index (χ2n) is 8.32. The van der Waals surface area contributed by atoms with Gasteiger partial charge in [-0.1, -0.05) is 29.8 Å². The molecule has 1 unspecified atom stereocenters. The zero-order valence-corrected chi connectivity index (χ0v) is 21.3. The number of amides is 1. The monoisotopic (exact) mass is 516 g/mol. The molecule has 0 fully saturated rings. The third-order valence-electron chi connectivity index (χ3n) is 5.90. The van der Waals surface area contributed by atoms with Crippen LogP contribution < -0.4 is 20.1 Å². The van der Waals surface area contributed by atoms with Gasteiger partial charge >= 0.3 is 0 Å². The molecular formula is C27H25ClN6O3. The lowest BCUT2D eigenvalue weighted by Crippen LogP contribution is -2.31. The Morgan fingerprint density at radius 1 is 1.16 bits per heavy atom. The fourth-order valence-electron chi connectivity index (χ4n) is 4.27. The van der Waals surface area contributed by atoms with Crippen molar-refractivity contribution >= 4 is 29.1 Å². The van der Waals surface area contributed by atoms with Gasteiger partial charge in [-0.05, 0) is 55.8 Å². The van der Waals surface area contributed by atoms with E-state index in [1.165, 1.54) is 0 Å². The number of carbonyl (C=O) groups is 1. The van der Waals surface area contributed by atoms with Crippen LogP contribution in [0.1, 0.15) is 25.5 Å². The van der Waals surface area contributed by atoms with Gasteiger partial charge in [0.15, 0.2) is 17.3 Å². The van der Waals surface area contributed by atoms with Crippen molar-refractivity contribution in [3.05, 3.63) is 88.8 Å². The number of anilines is 2. The Morgan fingerprint density at radius 2 is 2.03 bits per heavy atom. The Balaban J connectivity index is 1.63. The predicted molar refractivity (Wildman–Crippen MR) is 142 cm³/mol. The molecule has 1 aliphatic rings. The largest absolute Gasteiger partial charge is 0.493 e. The molecule has 1 atom stereocenters. The van der Waals surface area contributed by atoms with Crippen LogP contribution in [0.15, 0.2) is 78.3 Å². The maximum absolute atomic E-state index is 13.6. The van der Waals surface area contributed by atoms with Crippen LogP contribution in [0.4, 0.5) is 11.6 Å². The smallest absolute Gasteiger partial charge is 0.255 e.